The van der Waals surface area contributed by atoms with Crippen LogP contribution in [0.4, 0.5) is 0 Å². The first-order chi connectivity index (χ1) is 9.60. The number of aromatic nitrogens is 1. The molecule has 0 atom stereocenters. The number of carboxylic acid groups (broad SMARTS) is 1. The van der Waals surface area contributed by atoms with Crippen molar-refractivity contribution in [3.63, 3.8) is 0 Å². The second kappa shape index (κ2) is 6.36. The number of benzene rings is 1. The molecule has 0 spiro atoms. The highest BCUT2D eigenvalue weighted by Gasteiger charge is 2.08. The summed E-state index contributed by atoms with van der Waals surface area (Å²) in [7, 11) is 0. The van der Waals surface area contributed by atoms with Crippen molar-refractivity contribution < 1.29 is 9.90 Å². The number of hydrogen-bond donors (Lipinski definition) is 1. The Labute approximate surface area is 128 Å². The van der Waals surface area contributed by atoms with Crippen LogP contribution in [0.3, 0.4) is 0 Å². The van der Waals surface area contributed by atoms with E-state index in [1.807, 2.05) is 6.07 Å². The summed E-state index contributed by atoms with van der Waals surface area (Å²) in [6, 6.07) is 8.63. The van der Waals surface area contributed by atoms with Crippen molar-refractivity contribution in [3.8, 4) is 11.3 Å². The van der Waals surface area contributed by atoms with E-state index in [4.69, 9.17) is 10.6 Å². The van der Waals surface area contributed by atoms with Crippen LogP contribution in [0, 0.1) is 3.57 Å². The van der Waals surface area contributed by atoms with E-state index in [1.165, 1.54) is 0 Å². The standard InChI is InChI=1S/C13H9IN4O2/c14-11-4-9(3-10(5-11)13(19)20)12-2-1-8(6-16-12)7-17-18-15/h1-6H,7H2,(H,19,20). The lowest BCUT2D eigenvalue weighted by Crippen LogP contribution is -1.98. The molecule has 100 valence electrons. The number of halogens is 1. The van der Waals surface area contributed by atoms with E-state index < -0.39 is 5.97 Å². The Morgan fingerprint density at radius 3 is 2.80 bits per heavy atom. The zero-order valence-corrected chi connectivity index (χ0v) is 12.4. The molecule has 0 amide bonds. The van der Waals surface area contributed by atoms with E-state index in [0.717, 1.165) is 14.7 Å². The molecular weight excluding hydrogens is 371 g/mol. The second-order valence-corrected chi connectivity index (χ2v) is 5.22. The Hall–Kier alpha value is -2.12. The fourth-order valence-electron chi connectivity index (χ4n) is 1.66. The minimum Gasteiger partial charge on any atom is -0.478 e. The highest BCUT2D eigenvalue weighted by atomic mass is 127. The van der Waals surface area contributed by atoms with Crippen molar-refractivity contribution in [3.05, 3.63) is 61.7 Å². The molecule has 2 aromatic rings. The number of nitrogens with zero attached hydrogens (tertiary/aromatic N) is 4. The SMILES string of the molecule is [N-]=[N+]=NCc1ccc(-c2cc(I)cc(C(=O)O)c2)nc1. The molecule has 0 saturated carbocycles. The highest BCUT2D eigenvalue weighted by Crippen LogP contribution is 2.22. The Morgan fingerprint density at radius 2 is 2.20 bits per heavy atom. The number of rotatable bonds is 4. The summed E-state index contributed by atoms with van der Waals surface area (Å²) in [5, 5.41) is 12.5. The van der Waals surface area contributed by atoms with Crippen LogP contribution in [0.1, 0.15) is 15.9 Å². The van der Waals surface area contributed by atoms with Crippen LogP contribution in [0.2, 0.25) is 0 Å². The van der Waals surface area contributed by atoms with Gasteiger partial charge in [-0.05, 0) is 58.0 Å². The Bertz CT molecular complexity index is 694. The molecule has 0 radical (unpaired) electrons. The summed E-state index contributed by atoms with van der Waals surface area (Å²) < 4.78 is 0.831. The minimum atomic E-state index is -0.968. The molecule has 0 aliphatic rings. The molecule has 6 nitrogen and oxygen atoms in total. The third-order valence-electron chi connectivity index (χ3n) is 2.58. The van der Waals surface area contributed by atoms with Gasteiger partial charge in [-0.15, -0.1) is 0 Å². The minimum absolute atomic E-state index is 0.229. The van der Waals surface area contributed by atoms with Crippen LogP contribution in [-0.2, 0) is 6.54 Å². The van der Waals surface area contributed by atoms with Gasteiger partial charge in [0, 0.05) is 20.2 Å². The van der Waals surface area contributed by atoms with Gasteiger partial charge >= 0.3 is 5.97 Å². The summed E-state index contributed by atoms with van der Waals surface area (Å²) in [5.74, 6) is -0.968. The number of carboxylic acids is 1. The van der Waals surface area contributed by atoms with Crippen molar-refractivity contribution in [1.29, 1.82) is 0 Å². The molecule has 1 N–H and O–H groups in total. The highest BCUT2D eigenvalue weighted by molar-refractivity contribution is 14.1. The third kappa shape index (κ3) is 3.46. The summed E-state index contributed by atoms with van der Waals surface area (Å²) in [6.45, 7) is 0.247. The zero-order chi connectivity index (χ0) is 14.5. The smallest absolute Gasteiger partial charge is 0.335 e. The van der Waals surface area contributed by atoms with E-state index in [9.17, 15) is 4.79 Å². The lowest BCUT2D eigenvalue weighted by atomic mass is 10.1. The van der Waals surface area contributed by atoms with Gasteiger partial charge in [0.2, 0.25) is 0 Å². The number of carbonyl (C=O) groups is 1. The summed E-state index contributed by atoms with van der Waals surface area (Å²) in [6.07, 6.45) is 1.62. The van der Waals surface area contributed by atoms with Gasteiger partial charge in [-0.3, -0.25) is 4.98 Å². The van der Waals surface area contributed by atoms with Gasteiger partial charge in [-0.1, -0.05) is 11.2 Å². The number of pyridine rings is 1. The Balaban J connectivity index is 2.36. The fourth-order valence-corrected chi connectivity index (χ4v) is 2.33. The molecule has 1 aromatic carbocycles. The quantitative estimate of drug-likeness (QED) is 0.377. The molecule has 7 heteroatoms. The number of aromatic carboxylic acids is 1. The molecule has 20 heavy (non-hydrogen) atoms. The van der Waals surface area contributed by atoms with Crippen LogP contribution in [0.15, 0.2) is 41.6 Å². The number of hydrogen-bond acceptors (Lipinski definition) is 3. The Kier molecular flexibility index (Phi) is 4.54. The summed E-state index contributed by atoms with van der Waals surface area (Å²) in [5.41, 5.74) is 10.7. The normalized spacial score (nSPS) is 9.85. The van der Waals surface area contributed by atoms with Gasteiger partial charge in [0.15, 0.2) is 0 Å². The van der Waals surface area contributed by atoms with Crippen molar-refractivity contribution >= 4 is 28.6 Å². The first-order valence-electron chi connectivity index (χ1n) is 5.60. The van der Waals surface area contributed by atoms with Gasteiger partial charge in [0.05, 0.1) is 17.8 Å². The molecular formula is C13H9IN4O2. The fraction of sp³-hybridized carbons (Fsp3) is 0.0769. The molecule has 0 bridgehead atoms. The van der Waals surface area contributed by atoms with Crippen LogP contribution < -0.4 is 0 Å². The molecule has 2 rings (SSSR count). The summed E-state index contributed by atoms with van der Waals surface area (Å²) >= 11 is 2.07. The zero-order valence-electron chi connectivity index (χ0n) is 10.2. The van der Waals surface area contributed by atoms with Gasteiger partial charge in [0.25, 0.3) is 0 Å². The Morgan fingerprint density at radius 1 is 1.40 bits per heavy atom. The van der Waals surface area contributed by atoms with Crippen LogP contribution in [-0.4, -0.2) is 16.1 Å². The first kappa shape index (κ1) is 14.3. The van der Waals surface area contributed by atoms with Crippen LogP contribution >= 0.6 is 22.6 Å². The third-order valence-corrected chi connectivity index (χ3v) is 3.20. The van der Waals surface area contributed by atoms with Gasteiger partial charge < -0.3 is 5.11 Å². The molecule has 0 aliphatic heterocycles. The van der Waals surface area contributed by atoms with Crippen LogP contribution in [0.5, 0.6) is 0 Å². The van der Waals surface area contributed by atoms with Crippen molar-refractivity contribution in [2.45, 2.75) is 6.54 Å². The van der Waals surface area contributed by atoms with Crippen molar-refractivity contribution in [1.82, 2.24) is 4.98 Å². The van der Waals surface area contributed by atoms with Gasteiger partial charge in [0.1, 0.15) is 0 Å². The summed E-state index contributed by atoms with van der Waals surface area (Å²) in [4.78, 5) is 18.0. The van der Waals surface area contributed by atoms with Crippen LogP contribution in [0.25, 0.3) is 21.7 Å². The molecule has 1 aromatic heterocycles. The maximum absolute atomic E-state index is 11.0. The first-order valence-corrected chi connectivity index (χ1v) is 6.68. The van der Waals surface area contributed by atoms with Crippen molar-refractivity contribution in [2.24, 2.45) is 5.11 Å². The second-order valence-electron chi connectivity index (χ2n) is 3.97. The van der Waals surface area contributed by atoms with E-state index >= 15 is 0 Å². The number of azide groups is 1. The monoisotopic (exact) mass is 380 g/mol. The maximum atomic E-state index is 11.0. The maximum Gasteiger partial charge on any atom is 0.335 e. The molecule has 0 aliphatic carbocycles. The van der Waals surface area contributed by atoms with Gasteiger partial charge in [-0.2, -0.15) is 0 Å². The van der Waals surface area contributed by atoms with Gasteiger partial charge in [-0.25, -0.2) is 4.79 Å². The largest absolute Gasteiger partial charge is 0.478 e. The topological polar surface area (TPSA) is 99.0 Å². The average Bonchev–Trinajstić information content (AvgIpc) is 2.45. The van der Waals surface area contributed by atoms with E-state index in [2.05, 4.69) is 37.6 Å². The average molecular weight is 380 g/mol. The van der Waals surface area contributed by atoms with Crippen molar-refractivity contribution in [2.75, 3.05) is 0 Å². The van der Waals surface area contributed by atoms with E-state index in [1.54, 1.807) is 30.5 Å². The van der Waals surface area contributed by atoms with E-state index in [-0.39, 0.29) is 12.1 Å². The molecule has 0 unspecified atom stereocenters. The lowest BCUT2D eigenvalue weighted by molar-refractivity contribution is 0.0697. The predicted molar refractivity (Wildman–Crippen MR) is 82.2 cm³/mol. The lowest BCUT2D eigenvalue weighted by Gasteiger charge is -2.05. The molecule has 1 heterocycles. The van der Waals surface area contributed by atoms with E-state index in [0.29, 0.717) is 5.69 Å². The molecule has 0 saturated heterocycles. The predicted octanol–water partition coefficient (Wildman–Crippen LogP) is 3.86. The molecule has 0 fully saturated rings.